The molecule has 2 nitrogen and oxygen atoms in total. The molecular weight excluding hydrogens is 328 g/mol. The molecule has 0 amide bonds. The molecule has 0 aromatic heterocycles. The molecule has 5 fully saturated rings. The summed E-state index contributed by atoms with van der Waals surface area (Å²) in [5, 5.41) is 0. The average molecular weight is 365 g/mol. The Kier molecular flexibility index (Phi) is 3.04. The lowest BCUT2D eigenvalue weighted by atomic mass is 9.24. The van der Waals surface area contributed by atoms with E-state index in [1.54, 1.807) is 5.56 Å². The lowest BCUT2D eigenvalue weighted by Crippen LogP contribution is -2.74. The number of likely N-dealkylation sites (tertiary alicyclic amines) is 1. The Morgan fingerprint density at radius 2 is 1.81 bits per heavy atom. The van der Waals surface area contributed by atoms with Crippen molar-refractivity contribution in [3.63, 3.8) is 0 Å². The molecule has 5 aliphatic rings. The molecule has 2 bridgehead atoms. The summed E-state index contributed by atoms with van der Waals surface area (Å²) in [6.07, 6.45) is 8.55. The van der Waals surface area contributed by atoms with E-state index in [-0.39, 0.29) is 5.41 Å². The van der Waals surface area contributed by atoms with Gasteiger partial charge in [0.05, 0.1) is 0 Å². The van der Waals surface area contributed by atoms with Crippen molar-refractivity contribution in [3.8, 4) is 0 Å². The molecule has 1 aromatic rings. The summed E-state index contributed by atoms with van der Waals surface area (Å²) in [6, 6.07) is 12.0. The van der Waals surface area contributed by atoms with E-state index in [0.29, 0.717) is 27.7 Å². The van der Waals surface area contributed by atoms with Gasteiger partial charge in [-0.2, -0.15) is 0 Å². The maximum atomic E-state index is 6.43. The van der Waals surface area contributed by atoms with E-state index in [0.717, 1.165) is 5.92 Å². The van der Waals surface area contributed by atoms with E-state index in [1.165, 1.54) is 58.2 Å². The molecule has 146 valence electrons. The van der Waals surface area contributed by atoms with E-state index < -0.39 is 0 Å². The van der Waals surface area contributed by atoms with E-state index >= 15 is 0 Å². The predicted octanol–water partition coefficient (Wildman–Crippen LogP) is 4.58. The molecule has 6 rings (SSSR count). The van der Waals surface area contributed by atoms with Gasteiger partial charge in [0, 0.05) is 24.5 Å². The van der Waals surface area contributed by atoms with Crippen molar-refractivity contribution in [2.24, 2.45) is 33.3 Å². The molecule has 1 heterocycles. The summed E-state index contributed by atoms with van der Waals surface area (Å²) < 4.78 is 0. The number of nitrogens with zero attached hydrogens (tertiary/aromatic N) is 1. The number of fused-ring (bicyclic) bond motifs is 1. The van der Waals surface area contributed by atoms with Crippen LogP contribution in [0.4, 0.5) is 0 Å². The highest BCUT2D eigenvalue weighted by Gasteiger charge is 2.88. The van der Waals surface area contributed by atoms with E-state index in [9.17, 15) is 0 Å². The quantitative estimate of drug-likeness (QED) is 0.850. The maximum absolute atomic E-state index is 6.43. The Hall–Kier alpha value is -0.860. The summed E-state index contributed by atoms with van der Waals surface area (Å²) in [6.45, 7) is 11.1. The van der Waals surface area contributed by atoms with Crippen LogP contribution in [0.3, 0.4) is 0 Å². The van der Waals surface area contributed by atoms with Crippen LogP contribution in [0.2, 0.25) is 0 Å². The van der Waals surface area contributed by atoms with Crippen LogP contribution in [0.5, 0.6) is 0 Å². The topological polar surface area (TPSA) is 29.3 Å². The van der Waals surface area contributed by atoms with Crippen molar-refractivity contribution in [3.05, 3.63) is 35.9 Å². The number of nitrogens with two attached hydrogens (primary N) is 1. The van der Waals surface area contributed by atoms with Gasteiger partial charge in [0.15, 0.2) is 0 Å². The average Bonchev–Trinajstić information content (AvgIpc) is 3.06. The summed E-state index contributed by atoms with van der Waals surface area (Å²) in [5.41, 5.74) is 10.7. The van der Waals surface area contributed by atoms with Gasteiger partial charge in [-0.15, -0.1) is 0 Å². The second-order valence-corrected chi connectivity index (χ2v) is 12.2. The van der Waals surface area contributed by atoms with Crippen molar-refractivity contribution in [2.45, 2.75) is 70.8 Å². The summed E-state index contributed by atoms with van der Waals surface area (Å²) in [7, 11) is 0. The first-order valence-electron chi connectivity index (χ1n) is 11.3. The molecule has 0 radical (unpaired) electrons. The molecule has 1 aromatic carbocycles. The van der Waals surface area contributed by atoms with Crippen LogP contribution in [0, 0.1) is 27.6 Å². The van der Waals surface area contributed by atoms with Crippen LogP contribution >= 0.6 is 0 Å². The van der Waals surface area contributed by atoms with Crippen LogP contribution in [-0.4, -0.2) is 30.6 Å². The Morgan fingerprint density at radius 3 is 2.52 bits per heavy atom. The minimum atomic E-state index is 0.258. The minimum Gasteiger partial charge on any atom is -0.327 e. The fraction of sp³-hybridized carbons (Fsp3) is 0.760. The normalized spacial score (nSPS) is 52.1. The number of hydrogen-bond donors (Lipinski definition) is 1. The Morgan fingerprint density at radius 1 is 1.04 bits per heavy atom. The molecule has 1 spiro atoms. The first-order chi connectivity index (χ1) is 12.7. The summed E-state index contributed by atoms with van der Waals surface area (Å²) in [5.74, 6) is 0.991. The first kappa shape index (κ1) is 17.0. The van der Waals surface area contributed by atoms with Gasteiger partial charge in [-0.1, -0.05) is 51.1 Å². The lowest BCUT2D eigenvalue weighted by Gasteiger charge is -2.79. The highest BCUT2D eigenvalue weighted by molar-refractivity contribution is 5.47. The molecule has 2 N–H and O–H groups in total. The molecule has 6 atom stereocenters. The SMILES string of the molecule is CC1(C)CN(CC23CC4CC5(C)CC(c6ccccc6)(C2)C45C3)CCC1N. The van der Waals surface area contributed by atoms with E-state index in [1.807, 2.05) is 0 Å². The van der Waals surface area contributed by atoms with Gasteiger partial charge in [-0.05, 0) is 78.2 Å². The molecule has 1 saturated heterocycles. The smallest absolute Gasteiger partial charge is 0.0115 e. The van der Waals surface area contributed by atoms with Crippen LogP contribution in [0.15, 0.2) is 30.3 Å². The zero-order chi connectivity index (χ0) is 18.7. The highest BCUT2D eigenvalue weighted by Crippen LogP contribution is 2.93. The van der Waals surface area contributed by atoms with Gasteiger partial charge >= 0.3 is 0 Å². The third kappa shape index (κ3) is 1.81. The van der Waals surface area contributed by atoms with Crippen molar-refractivity contribution < 1.29 is 0 Å². The molecule has 27 heavy (non-hydrogen) atoms. The lowest BCUT2D eigenvalue weighted by molar-refractivity contribution is -0.271. The minimum absolute atomic E-state index is 0.258. The molecule has 2 heteroatoms. The van der Waals surface area contributed by atoms with E-state index in [2.05, 4.69) is 56.0 Å². The van der Waals surface area contributed by atoms with Crippen LogP contribution in [0.1, 0.15) is 64.9 Å². The van der Waals surface area contributed by atoms with Gasteiger partial charge in [-0.3, -0.25) is 0 Å². The van der Waals surface area contributed by atoms with Gasteiger partial charge in [0.1, 0.15) is 0 Å². The molecule has 1 aliphatic heterocycles. The fourth-order valence-corrected chi connectivity index (χ4v) is 9.62. The van der Waals surface area contributed by atoms with Crippen molar-refractivity contribution in [1.82, 2.24) is 4.90 Å². The Labute approximate surface area is 164 Å². The number of rotatable bonds is 3. The third-order valence-electron chi connectivity index (χ3n) is 10.3. The third-order valence-corrected chi connectivity index (χ3v) is 10.3. The Bertz CT molecular complexity index is 787. The largest absolute Gasteiger partial charge is 0.327 e. The molecule has 6 unspecified atom stereocenters. The predicted molar refractivity (Wildman–Crippen MR) is 110 cm³/mol. The van der Waals surface area contributed by atoms with Gasteiger partial charge < -0.3 is 10.6 Å². The van der Waals surface area contributed by atoms with Gasteiger partial charge in [-0.25, -0.2) is 0 Å². The van der Waals surface area contributed by atoms with Crippen molar-refractivity contribution in [1.29, 1.82) is 0 Å². The number of piperidine rings is 1. The van der Waals surface area contributed by atoms with Crippen LogP contribution < -0.4 is 5.73 Å². The van der Waals surface area contributed by atoms with Crippen molar-refractivity contribution >= 4 is 0 Å². The molecule has 4 aliphatic carbocycles. The fourth-order valence-electron chi connectivity index (χ4n) is 9.62. The van der Waals surface area contributed by atoms with E-state index in [4.69, 9.17) is 5.73 Å². The molecule has 4 saturated carbocycles. The second-order valence-electron chi connectivity index (χ2n) is 12.2. The summed E-state index contributed by atoms with van der Waals surface area (Å²) in [4.78, 5) is 2.80. The zero-order valence-corrected chi connectivity index (χ0v) is 17.4. The maximum Gasteiger partial charge on any atom is 0.0115 e. The monoisotopic (exact) mass is 364 g/mol. The van der Waals surface area contributed by atoms with Crippen LogP contribution in [-0.2, 0) is 5.41 Å². The zero-order valence-electron chi connectivity index (χ0n) is 17.4. The first-order valence-corrected chi connectivity index (χ1v) is 11.3. The van der Waals surface area contributed by atoms with Gasteiger partial charge in [0.2, 0.25) is 0 Å². The standard InChI is InChI=1S/C25H36N2/c1-21(2)16-27(10-9-20(21)26)17-23-12-19-11-22(3)13-24(14-23,25(19,22)15-23)18-7-5-4-6-8-18/h4-8,19-20H,9-17,26H2,1-3H3. The van der Waals surface area contributed by atoms with Crippen LogP contribution in [0.25, 0.3) is 0 Å². The highest BCUT2D eigenvalue weighted by atomic mass is 15.2. The Balaban J connectivity index is 1.33. The second kappa shape index (κ2) is 4.82. The number of hydrogen-bond acceptors (Lipinski definition) is 2. The van der Waals surface area contributed by atoms with Crippen molar-refractivity contribution in [2.75, 3.05) is 19.6 Å². The number of benzene rings is 1. The molecular formula is C25H36N2. The van der Waals surface area contributed by atoms with Gasteiger partial charge in [0.25, 0.3) is 0 Å². The summed E-state index contributed by atoms with van der Waals surface area (Å²) >= 11 is 0.